The van der Waals surface area contributed by atoms with E-state index in [0.29, 0.717) is 24.1 Å². The normalized spacial score (nSPS) is 14.4. The number of allylic oxidation sites excluding steroid dienone is 6. The van der Waals surface area contributed by atoms with Crippen LogP contribution < -0.4 is 4.89 Å². The van der Waals surface area contributed by atoms with E-state index in [2.05, 4.69) is 50.3 Å². The highest BCUT2D eigenvalue weighted by Crippen LogP contribution is 2.38. The molecule has 0 rings (SSSR count). The Morgan fingerprint density at radius 2 is 1.23 bits per heavy atom. The Labute approximate surface area is 289 Å². The number of carbonyl (C=O) groups is 1. The first-order valence-electron chi connectivity index (χ1n) is 18.7. The number of rotatable bonds is 34. The lowest BCUT2D eigenvalue weighted by molar-refractivity contribution is -0.870. The number of likely N-dealkylation sites (N-methyl/N-ethyl adjacent to an activating group) is 1. The molecule has 0 aliphatic rings. The van der Waals surface area contributed by atoms with Crippen LogP contribution in [0.2, 0.25) is 0 Å². The summed E-state index contributed by atoms with van der Waals surface area (Å²) in [5.41, 5.74) is 0. The fourth-order valence-electron chi connectivity index (χ4n) is 4.79. The molecule has 2 unspecified atom stereocenters. The van der Waals surface area contributed by atoms with Crippen LogP contribution in [0.4, 0.5) is 0 Å². The van der Waals surface area contributed by atoms with E-state index in [1.54, 1.807) is 0 Å². The second-order valence-electron chi connectivity index (χ2n) is 13.6. The van der Waals surface area contributed by atoms with Crippen molar-refractivity contribution < 1.29 is 37.3 Å². The fourth-order valence-corrected chi connectivity index (χ4v) is 5.52. The zero-order chi connectivity index (χ0) is 34.9. The van der Waals surface area contributed by atoms with E-state index in [0.717, 1.165) is 57.8 Å². The van der Waals surface area contributed by atoms with Crippen molar-refractivity contribution in [3.8, 4) is 0 Å². The number of phosphoric acid groups is 1. The average Bonchev–Trinajstić information content (AvgIpc) is 3.01. The first-order valence-corrected chi connectivity index (χ1v) is 20.2. The van der Waals surface area contributed by atoms with Gasteiger partial charge < -0.3 is 27.9 Å². The van der Waals surface area contributed by atoms with E-state index in [1.807, 2.05) is 21.1 Å². The van der Waals surface area contributed by atoms with E-state index >= 15 is 0 Å². The van der Waals surface area contributed by atoms with Gasteiger partial charge in [0.1, 0.15) is 19.3 Å². The molecule has 2 atom stereocenters. The predicted octanol–water partition coefficient (Wildman–Crippen LogP) is 9.63. The Morgan fingerprint density at radius 3 is 1.85 bits per heavy atom. The van der Waals surface area contributed by atoms with E-state index in [4.69, 9.17) is 18.5 Å². The summed E-state index contributed by atoms with van der Waals surface area (Å²) in [6.07, 6.45) is 34.4. The summed E-state index contributed by atoms with van der Waals surface area (Å²) in [5.74, 6) is -0.347. The molecule has 0 bridgehead atoms. The highest BCUT2D eigenvalue weighted by Gasteiger charge is 2.20. The quantitative estimate of drug-likeness (QED) is 0.0219. The number of unbranched alkanes of at least 4 members (excludes halogenated alkanes) is 14. The third kappa shape index (κ3) is 35.8. The van der Waals surface area contributed by atoms with Gasteiger partial charge in [-0.25, -0.2) is 0 Å². The van der Waals surface area contributed by atoms with Crippen molar-refractivity contribution in [2.45, 2.75) is 148 Å². The monoisotopic (exact) mass is 686 g/mol. The van der Waals surface area contributed by atoms with Gasteiger partial charge in [0.25, 0.3) is 7.82 Å². The first-order chi connectivity index (χ1) is 22.6. The molecule has 8 nitrogen and oxygen atoms in total. The molecule has 0 heterocycles. The number of nitrogens with zero attached hydrogens (tertiary/aromatic N) is 1. The van der Waals surface area contributed by atoms with Crippen molar-refractivity contribution in [3.05, 3.63) is 36.5 Å². The molecule has 0 amide bonds. The molecule has 0 radical (unpaired) electrons. The molecule has 0 aliphatic carbocycles. The zero-order valence-electron chi connectivity index (χ0n) is 31.0. The average molecular weight is 686 g/mol. The summed E-state index contributed by atoms with van der Waals surface area (Å²) in [5, 5.41) is 0. The predicted molar refractivity (Wildman–Crippen MR) is 194 cm³/mol. The molecule has 0 aromatic carbocycles. The van der Waals surface area contributed by atoms with Gasteiger partial charge in [-0.2, -0.15) is 0 Å². The van der Waals surface area contributed by atoms with Crippen LogP contribution in [0.1, 0.15) is 142 Å². The molecular weight excluding hydrogens is 613 g/mol. The van der Waals surface area contributed by atoms with Crippen LogP contribution in [0.15, 0.2) is 36.5 Å². The van der Waals surface area contributed by atoms with Crippen molar-refractivity contribution in [2.75, 3.05) is 54.1 Å². The van der Waals surface area contributed by atoms with Crippen molar-refractivity contribution in [1.29, 1.82) is 0 Å². The Bertz CT molecular complexity index is 853. The van der Waals surface area contributed by atoms with Crippen LogP contribution in [0.25, 0.3) is 0 Å². The second-order valence-corrected chi connectivity index (χ2v) is 15.0. The minimum absolute atomic E-state index is 0.0240. The number of hydrogen-bond donors (Lipinski definition) is 0. The smallest absolute Gasteiger partial charge is 0.306 e. The van der Waals surface area contributed by atoms with Gasteiger partial charge in [0.2, 0.25) is 0 Å². The lowest BCUT2D eigenvalue weighted by atomic mass is 10.1. The Hall–Kier alpha value is -1.28. The maximum absolute atomic E-state index is 12.6. The highest BCUT2D eigenvalue weighted by atomic mass is 31.2. The molecule has 0 aromatic rings. The lowest BCUT2D eigenvalue weighted by Gasteiger charge is -2.28. The van der Waals surface area contributed by atoms with Gasteiger partial charge in [0.05, 0.1) is 34.4 Å². The van der Waals surface area contributed by atoms with E-state index < -0.39 is 13.9 Å². The van der Waals surface area contributed by atoms with Crippen molar-refractivity contribution in [1.82, 2.24) is 0 Å². The molecule has 9 heteroatoms. The SMILES string of the molecule is CC/C=C\C/C=C\C/C=C\CCCCCCCCCC(=O)OC(COCCCCCCCCCC)COP(=O)([O-])OCC[N+](C)(C)C. The topological polar surface area (TPSA) is 94.1 Å². The van der Waals surface area contributed by atoms with Crippen LogP contribution in [-0.2, 0) is 27.9 Å². The summed E-state index contributed by atoms with van der Waals surface area (Å²) in [6, 6.07) is 0. The Kier molecular flexibility index (Phi) is 31.1. The lowest BCUT2D eigenvalue weighted by Crippen LogP contribution is -2.37. The number of phosphoric ester groups is 1. The van der Waals surface area contributed by atoms with Gasteiger partial charge in [0, 0.05) is 13.0 Å². The Morgan fingerprint density at radius 1 is 0.681 bits per heavy atom. The summed E-state index contributed by atoms with van der Waals surface area (Å²) >= 11 is 0. The van der Waals surface area contributed by atoms with Crippen molar-refractivity contribution in [2.24, 2.45) is 0 Å². The third-order valence-electron chi connectivity index (χ3n) is 7.71. The molecule has 276 valence electrons. The standard InChI is InChI=1S/C38H72NO7P/c1-6-8-10-12-14-16-17-18-19-20-21-22-23-24-25-27-29-31-38(40)46-37(35-43-33-30-28-26-15-13-11-9-7-2)36-45-47(41,42)44-34-32-39(3,4)5/h8,10,14,16,18-19,37H,6-7,9,11-13,15,17,20-36H2,1-5H3/b10-8-,16-14-,19-18-. The largest absolute Gasteiger partial charge is 0.756 e. The zero-order valence-corrected chi connectivity index (χ0v) is 31.9. The molecule has 0 aliphatic heterocycles. The van der Waals surface area contributed by atoms with Gasteiger partial charge >= 0.3 is 5.97 Å². The molecule has 0 saturated heterocycles. The van der Waals surface area contributed by atoms with Crippen LogP contribution >= 0.6 is 7.82 Å². The Balaban J connectivity index is 4.26. The minimum Gasteiger partial charge on any atom is -0.756 e. The number of hydrogen-bond acceptors (Lipinski definition) is 7. The molecule has 0 aromatic heterocycles. The summed E-state index contributed by atoms with van der Waals surface area (Å²) in [6.45, 7) is 5.25. The summed E-state index contributed by atoms with van der Waals surface area (Å²) in [7, 11) is 1.34. The molecule has 0 fully saturated rings. The highest BCUT2D eigenvalue weighted by molar-refractivity contribution is 7.45. The van der Waals surface area contributed by atoms with Gasteiger partial charge in [-0.1, -0.05) is 127 Å². The van der Waals surface area contributed by atoms with E-state index in [-0.39, 0.29) is 25.8 Å². The first kappa shape index (κ1) is 45.7. The third-order valence-corrected chi connectivity index (χ3v) is 8.67. The summed E-state index contributed by atoms with van der Waals surface area (Å²) in [4.78, 5) is 24.9. The van der Waals surface area contributed by atoms with Gasteiger partial charge in [-0.15, -0.1) is 0 Å². The maximum Gasteiger partial charge on any atom is 0.306 e. The molecular formula is C38H72NO7P. The van der Waals surface area contributed by atoms with Crippen LogP contribution in [0.5, 0.6) is 0 Å². The maximum atomic E-state index is 12.6. The van der Waals surface area contributed by atoms with Gasteiger partial charge in [0.15, 0.2) is 0 Å². The van der Waals surface area contributed by atoms with E-state index in [9.17, 15) is 14.3 Å². The van der Waals surface area contributed by atoms with Gasteiger partial charge in [-0.3, -0.25) is 9.36 Å². The van der Waals surface area contributed by atoms with E-state index in [1.165, 1.54) is 64.2 Å². The molecule has 0 spiro atoms. The fraction of sp³-hybridized carbons (Fsp3) is 0.816. The van der Waals surface area contributed by atoms with Crippen LogP contribution in [0.3, 0.4) is 0 Å². The van der Waals surface area contributed by atoms with Crippen molar-refractivity contribution in [3.63, 3.8) is 0 Å². The minimum atomic E-state index is -4.51. The number of carbonyl (C=O) groups excluding carboxylic acids is 1. The number of ether oxygens (including phenoxy) is 2. The van der Waals surface area contributed by atoms with Crippen LogP contribution in [-0.4, -0.2) is 70.7 Å². The molecule has 47 heavy (non-hydrogen) atoms. The molecule has 0 saturated carbocycles. The van der Waals surface area contributed by atoms with Crippen molar-refractivity contribution >= 4 is 13.8 Å². The van der Waals surface area contributed by atoms with Gasteiger partial charge in [-0.05, 0) is 44.9 Å². The molecule has 0 N–H and O–H groups in total. The number of quaternary nitrogens is 1. The number of esters is 1. The summed E-state index contributed by atoms with van der Waals surface area (Å²) < 4.78 is 34.3. The second kappa shape index (κ2) is 32.0. The van der Waals surface area contributed by atoms with Crippen LogP contribution in [0, 0.1) is 0 Å².